The minimum Gasteiger partial charge on any atom is -0.399 e. The Kier molecular flexibility index (Phi) is 5.14. The van der Waals surface area contributed by atoms with E-state index in [2.05, 4.69) is 21.2 Å². The first-order chi connectivity index (χ1) is 9.95. The highest BCUT2D eigenvalue weighted by molar-refractivity contribution is 9.10. The number of halogens is 1. The average Bonchev–Trinajstić information content (AvgIpc) is 2.41. The number of nitrogens with one attached hydrogen (secondary N) is 1. The lowest BCUT2D eigenvalue weighted by molar-refractivity contribution is -0.113. The number of nitrogens with two attached hydrogens (primary N) is 1. The van der Waals surface area contributed by atoms with E-state index in [9.17, 15) is 9.00 Å². The molecule has 0 spiro atoms. The van der Waals surface area contributed by atoms with Gasteiger partial charge in [0, 0.05) is 20.7 Å². The maximum atomic E-state index is 12.2. The van der Waals surface area contributed by atoms with Crippen molar-refractivity contribution in [3.05, 3.63) is 52.5 Å². The fourth-order valence-electron chi connectivity index (χ4n) is 1.86. The van der Waals surface area contributed by atoms with Gasteiger partial charge in [-0.2, -0.15) is 0 Å². The zero-order valence-electron chi connectivity index (χ0n) is 11.4. The van der Waals surface area contributed by atoms with Gasteiger partial charge >= 0.3 is 0 Å². The van der Waals surface area contributed by atoms with Crippen LogP contribution in [-0.2, 0) is 15.6 Å². The molecule has 2 rings (SSSR count). The predicted octanol–water partition coefficient (Wildman–Crippen LogP) is 3.09. The van der Waals surface area contributed by atoms with Crippen molar-refractivity contribution < 1.29 is 9.00 Å². The van der Waals surface area contributed by atoms with Crippen molar-refractivity contribution in [1.29, 1.82) is 0 Å². The molecule has 1 atom stereocenters. The molecule has 110 valence electrons. The molecule has 0 aromatic heterocycles. The van der Waals surface area contributed by atoms with Gasteiger partial charge in [-0.3, -0.25) is 9.00 Å². The van der Waals surface area contributed by atoms with Crippen molar-refractivity contribution in [2.75, 3.05) is 16.8 Å². The zero-order chi connectivity index (χ0) is 15.4. The molecule has 0 saturated carbocycles. The Labute approximate surface area is 134 Å². The number of aryl methyl sites for hydroxylation is 1. The first-order valence-corrected chi connectivity index (χ1v) is 8.37. The van der Waals surface area contributed by atoms with Gasteiger partial charge < -0.3 is 11.1 Å². The van der Waals surface area contributed by atoms with Crippen LogP contribution in [0, 0.1) is 6.92 Å². The Hall–Kier alpha value is -1.66. The Bertz CT molecular complexity index is 687. The van der Waals surface area contributed by atoms with Gasteiger partial charge in [-0.25, -0.2) is 0 Å². The predicted molar refractivity (Wildman–Crippen MR) is 89.6 cm³/mol. The van der Waals surface area contributed by atoms with E-state index in [0.717, 1.165) is 10.0 Å². The summed E-state index contributed by atoms with van der Waals surface area (Å²) >= 11 is 3.32. The van der Waals surface area contributed by atoms with Gasteiger partial charge in [-0.05, 0) is 55.0 Å². The molecule has 1 amide bonds. The number of nitrogen functional groups attached to an aromatic ring is 1. The van der Waals surface area contributed by atoms with Gasteiger partial charge in [0.1, 0.15) is 5.75 Å². The van der Waals surface area contributed by atoms with Crippen LogP contribution in [0.15, 0.2) is 51.8 Å². The molecule has 0 fully saturated rings. The molecule has 2 aromatic carbocycles. The number of hydrogen-bond acceptors (Lipinski definition) is 3. The molecule has 21 heavy (non-hydrogen) atoms. The van der Waals surface area contributed by atoms with Gasteiger partial charge in [0.25, 0.3) is 0 Å². The molecule has 4 nitrogen and oxygen atoms in total. The number of amides is 1. The second-order valence-electron chi connectivity index (χ2n) is 4.57. The van der Waals surface area contributed by atoms with E-state index in [0.29, 0.717) is 16.3 Å². The third kappa shape index (κ3) is 4.41. The number of carbonyl (C=O) groups excluding carboxylic acids is 1. The number of rotatable bonds is 4. The lowest BCUT2D eigenvalue weighted by Crippen LogP contribution is -2.19. The largest absolute Gasteiger partial charge is 0.399 e. The van der Waals surface area contributed by atoms with Crippen molar-refractivity contribution >= 4 is 44.0 Å². The van der Waals surface area contributed by atoms with E-state index in [4.69, 9.17) is 5.73 Å². The second kappa shape index (κ2) is 6.87. The summed E-state index contributed by atoms with van der Waals surface area (Å²) in [7, 11) is -1.39. The Morgan fingerprint density at radius 3 is 2.52 bits per heavy atom. The molecule has 1 unspecified atom stereocenters. The van der Waals surface area contributed by atoms with E-state index in [1.807, 2.05) is 19.1 Å². The summed E-state index contributed by atoms with van der Waals surface area (Å²) in [5.74, 6) is -0.368. The van der Waals surface area contributed by atoms with Crippen LogP contribution in [0.25, 0.3) is 0 Å². The molecule has 0 saturated heterocycles. The average molecular weight is 367 g/mol. The molecule has 0 heterocycles. The highest BCUT2D eigenvalue weighted by Gasteiger charge is 2.12. The minimum atomic E-state index is -1.39. The van der Waals surface area contributed by atoms with Crippen LogP contribution in [0.4, 0.5) is 11.4 Å². The molecule has 6 heteroatoms. The quantitative estimate of drug-likeness (QED) is 0.816. The van der Waals surface area contributed by atoms with Crippen molar-refractivity contribution in [3.63, 3.8) is 0 Å². The first-order valence-electron chi connectivity index (χ1n) is 6.25. The van der Waals surface area contributed by atoms with Gasteiger partial charge in [0.2, 0.25) is 5.91 Å². The number of benzene rings is 2. The minimum absolute atomic E-state index is 0.0825. The van der Waals surface area contributed by atoms with E-state index in [1.54, 1.807) is 30.3 Å². The normalized spacial score (nSPS) is 11.9. The van der Waals surface area contributed by atoms with Crippen molar-refractivity contribution in [2.45, 2.75) is 11.8 Å². The first kappa shape index (κ1) is 15.7. The lowest BCUT2D eigenvalue weighted by atomic mass is 10.2. The van der Waals surface area contributed by atoms with Gasteiger partial charge in [-0.1, -0.05) is 15.9 Å². The van der Waals surface area contributed by atoms with Crippen LogP contribution in [0.5, 0.6) is 0 Å². The summed E-state index contributed by atoms with van der Waals surface area (Å²) in [5.41, 5.74) is 7.78. The molecule has 0 bridgehead atoms. The summed E-state index contributed by atoms with van der Waals surface area (Å²) in [4.78, 5) is 12.6. The SMILES string of the molecule is Cc1cc(N)ccc1S(=O)CC(=O)Nc1ccc(Br)cc1. The lowest BCUT2D eigenvalue weighted by Gasteiger charge is -2.08. The number of anilines is 2. The maximum Gasteiger partial charge on any atom is 0.237 e. The molecule has 0 aliphatic rings. The standard InChI is InChI=1S/C15H15BrN2O2S/c1-10-8-12(17)4-7-14(10)21(20)9-15(19)18-13-5-2-11(16)3-6-13/h2-8H,9,17H2,1H3,(H,18,19). The zero-order valence-corrected chi connectivity index (χ0v) is 13.8. The van der Waals surface area contributed by atoms with Crippen LogP contribution in [-0.4, -0.2) is 15.9 Å². The Balaban J connectivity index is 2.02. The van der Waals surface area contributed by atoms with E-state index < -0.39 is 10.8 Å². The highest BCUT2D eigenvalue weighted by Crippen LogP contribution is 2.17. The molecule has 3 N–H and O–H groups in total. The summed E-state index contributed by atoms with van der Waals surface area (Å²) in [6.45, 7) is 1.83. The fraction of sp³-hybridized carbons (Fsp3) is 0.133. The molecule has 0 radical (unpaired) electrons. The van der Waals surface area contributed by atoms with Crippen LogP contribution in [0.1, 0.15) is 5.56 Å². The summed E-state index contributed by atoms with van der Waals surface area (Å²) in [5, 5.41) is 2.72. The van der Waals surface area contributed by atoms with Gasteiger partial charge in [-0.15, -0.1) is 0 Å². The van der Waals surface area contributed by atoms with Crippen molar-refractivity contribution in [1.82, 2.24) is 0 Å². The Morgan fingerprint density at radius 1 is 1.24 bits per heavy atom. The molecule has 2 aromatic rings. The third-order valence-electron chi connectivity index (χ3n) is 2.83. The third-order valence-corrected chi connectivity index (χ3v) is 4.84. The fourth-order valence-corrected chi connectivity index (χ4v) is 3.22. The van der Waals surface area contributed by atoms with Gasteiger partial charge in [0.15, 0.2) is 0 Å². The summed E-state index contributed by atoms with van der Waals surface area (Å²) in [6.07, 6.45) is 0. The molecule has 0 aliphatic carbocycles. The van der Waals surface area contributed by atoms with Crippen LogP contribution >= 0.6 is 15.9 Å². The van der Waals surface area contributed by atoms with Crippen LogP contribution in [0.2, 0.25) is 0 Å². The van der Waals surface area contributed by atoms with Crippen LogP contribution in [0.3, 0.4) is 0 Å². The maximum absolute atomic E-state index is 12.2. The molecular weight excluding hydrogens is 352 g/mol. The molecular formula is C15H15BrN2O2S. The highest BCUT2D eigenvalue weighted by atomic mass is 79.9. The topological polar surface area (TPSA) is 72.2 Å². The number of hydrogen-bond donors (Lipinski definition) is 2. The molecule has 0 aliphatic heterocycles. The van der Waals surface area contributed by atoms with Crippen LogP contribution < -0.4 is 11.1 Å². The van der Waals surface area contributed by atoms with E-state index >= 15 is 0 Å². The van der Waals surface area contributed by atoms with E-state index in [-0.39, 0.29) is 11.7 Å². The monoisotopic (exact) mass is 366 g/mol. The van der Waals surface area contributed by atoms with Gasteiger partial charge in [0.05, 0.1) is 10.8 Å². The Morgan fingerprint density at radius 2 is 1.90 bits per heavy atom. The number of carbonyl (C=O) groups is 1. The summed E-state index contributed by atoms with van der Waals surface area (Å²) < 4.78 is 13.2. The summed E-state index contributed by atoms with van der Waals surface area (Å²) in [6, 6.07) is 12.4. The van der Waals surface area contributed by atoms with E-state index in [1.165, 1.54) is 0 Å². The second-order valence-corrected chi connectivity index (χ2v) is 6.91. The van der Waals surface area contributed by atoms with Crippen molar-refractivity contribution in [3.8, 4) is 0 Å². The van der Waals surface area contributed by atoms with Crippen molar-refractivity contribution in [2.24, 2.45) is 0 Å². The smallest absolute Gasteiger partial charge is 0.237 e.